The van der Waals surface area contributed by atoms with Gasteiger partial charge in [-0.05, 0) is 23.5 Å². The monoisotopic (exact) mass is 295 g/mol. The highest BCUT2D eigenvalue weighted by atomic mass is 19.4. The van der Waals surface area contributed by atoms with Gasteiger partial charge in [0, 0.05) is 29.1 Å². The maximum atomic E-state index is 12.9. The van der Waals surface area contributed by atoms with E-state index < -0.39 is 18.5 Å². The third-order valence-corrected chi connectivity index (χ3v) is 4.33. The lowest BCUT2D eigenvalue weighted by molar-refractivity contribution is -0.138. The Bertz CT molecular complexity index is 674. The largest absolute Gasteiger partial charge is 0.389 e. The molecule has 1 aromatic heterocycles. The average molecular weight is 295 g/mol. The fourth-order valence-corrected chi connectivity index (χ4v) is 3.68. The van der Waals surface area contributed by atoms with E-state index >= 15 is 0 Å². The molecule has 2 aromatic rings. The summed E-state index contributed by atoms with van der Waals surface area (Å²) >= 11 is 0. The molecule has 0 saturated heterocycles. The summed E-state index contributed by atoms with van der Waals surface area (Å²) in [4.78, 5) is 0. The van der Waals surface area contributed by atoms with Crippen LogP contribution in [0.1, 0.15) is 50.8 Å². The summed E-state index contributed by atoms with van der Waals surface area (Å²) in [7, 11) is 0. The number of rotatable bonds is 1. The SMILES string of the molecule is CC(C)(C)c1c2n(c3ccccc13)CCC2CC(F)(F)F. The normalized spacial score (nSPS) is 19.2. The Morgan fingerprint density at radius 3 is 2.43 bits per heavy atom. The Balaban J connectivity index is 2.22. The molecule has 0 aliphatic carbocycles. The predicted molar refractivity (Wildman–Crippen MR) is 78.7 cm³/mol. The van der Waals surface area contributed by atoms with Crippen molar-refractivity contribution in [3.63, 3.8) is 0 Å². The Morgan fingerprint density at radius 2 is 1.81 bits per heavy atom. The van der Waals surface area contributed by atoms with Crippen molar-refractivity contribution in [1.29, 1.82) is 0 Å². The van der Waals surface area contributed by atoms with Gasteiger partial charge in [0.2, 0.25) is 0 Å². The topological polar surface area (TPSA) is 4.93 Å². The van der Waals surface area contributed by atoms with Gasteiger partial charge in [-0.2, -0.15) is 13.2 Å². The number of para-hydroxylation sites is 1. The molecule has 3 rings (SSSR count). The minimum absolute atomic E-state index is 0.158. The second-order valence-corrected chi connectivity index (χ2v) is 6.98. The summed E-state index contributed by atoms with van der Waals surface area (Å²) in [5.74, 6) is -0.411. The maximum Gasteiger partial charge on any atom is 0.389 e. The number of nitrogens with zero attached hydrogens (tertiary/aromatic N) is 1. The molecule has 4 heteroatoms. The van der Waals surface area contributed by atoms with E-state index in [-0.39, 0.29) is 5.41 Å². The molecule has 0 amide bonds. The Hall–Kier alpha value is -1.45. The van der Waals surface area contributed by atoms with Gasteiger partial charge in [-0.25, -0.2) is 0 Å². The van der Waals surface area contributed by atoms with Gasteiger partial charge in [-0.15, -0.1) is 0 Å². The van der Waals surface area contributed by atoms with Gasteiger partial charge in [0.05, 0.1) is 6.42 Å². The van der Waals surface area contributed by atoms with Gasteiger partial charge in [-0.1, -0.05) is 39.0 Å². The minimum Gasteiger partial charge on any atom is -0.344 e. The van der Waals surface area contributed by atoms with Crippen LogP contribution in [0, 0.1) is 0 Å². The van der Waals surface area contributed by atoms with Crippen LogP contribution in [-0.2, 0) is 12.0 Å². The number of benzene rings is 1. The molecule has 21 heavy (non-hydrogen) atoms. The molecule has 1 atom stereocenters. The van der Waals surface area contributed by atoms with Crippen molar-refractivity contribution < 1.29 is 13.2 Å². The lowest BCUT2D eigenvalue weighted by Gasteiger charge is -2.23. The lowest BCUT2D eigenvalue weighted by atomic mass is 9.81. The fourth-order valence-electron chi connectivity index (χ4n) is 3.68. The Kier molecular flexibility index (Phi) is 3.12. The number of fused-ring (bicyclic) bond motifs is 3. The summed E-state index contributed by atoms with van der Waals surface area (Å²) in [5, 5.41) is 1.10. The third-order valence-electron chi connectivity index (χ3n) is 4.33. The second-order valence-electron chi connectivity index (χ2n) is 6.98. The molecular weight excluding hydrogens is 275 g/mol. The van der Waals surface area contributed by atoms with Crippen LogP contribution in [0.3, 0.4) is 0 Å². The average Bonchev–Trinajstić information content (AvgIpc) is 2.85. The zero-order valence-electron chi connectivity index (χ0n) is 12.6. The lowest BCUT2D eigenvalue weighted by Crippen LogP contribution is -2.18. The van der Waals surface area contributed by atoms with Crippen LogP contribution in [0.4, 0.5) is 13.2 Å². The molecule has 2 heterocycles. The van der Waals surface area contributed by atoms with E-state index in [4.69, 9.17) is 0 Å². The van der Waals surface area contributed by atoms with Crippen molar-refractivity contribution in [3.05, 3.63) is 35.5 Å². The van der Waals surface area contributed by atoms with Gasteiger partial charge in [-0.3, -0.25) is 0 Å². The molecule has 1 nitrogen and oxygen atoms in total. The minimum atomic E-state index is -4.11. The van der Waals surface area contributed by atoms with Crippen molar-refractivity contribution in [2.45, 2.75) is 57.7 Å². The summed E-state index contributed by atoms with van der Waals surface area (Å²) in [6, 6.07) is 7.97. The number of aryl methyl sites for hydroxylation is 1. The van der Waals surface area contributed by atoms with Gasteiger partial charge in [0.25, 0.3) is 0 Å². The quantitative estimate of drug-likeness (QED) is 0.665. The molecule has 0 N–H and O–H groups in total. The Labute approximate surface area is 122 Å². The Morgan fingerprint density at radius 1 is 1.14 bits per heavy atom. The molecule has 0 saturated carbocycles. The predicted octanol–water partition coefficient (Wildman–Crippen LogP) is 5.38. The van der Waals surface area contributed by atoms with Crippen LogP contribution >= 0.6 is 0 Å². The van der Waals surface area contributed by atoms with Crippen LogP contribution in [0.2, 0.25) is 0 Å². The molecule has 0 radical (unpaired) electrons. The van der Waals surface area contributed by atoms with Gasteiger partial charge >= 0.3 is 6.18 Å². The first-order chi connectivity index (χ1) is 9.68. The number of hydrogen-bond acceptors (Lipinski definition) is 0. The highest BCUT2D eigenvalue weighted by Gasteiger charge is 2.40. The number of hydrogen-bond donors (Lipinski definition) is 0. The van der Waals surface area contributed by atoms with Crippen LogP contribution in [0.25, 0.3) is 10.9 Å². The molecule has 1 aromatic carbocycles. The number of aromatic nitrogens is 1. The van der Waals surface area contributed by atoms with E-state index in [9.17, 15) is 13.2 Å². The van der Waals surface area contributed by atoms with Crippen molar-refractivity contribution >= 4 is 10.9 Å². The molecule has 1 unspecified atom stereocenters. The zero-order chi connectivity index (χ0) is 15.4. The number of alkyl halides is 3. The maximum absolute atomic E-state index is 12.9. The smallest absolute Gasteiger partial charge is 0.344 e. The summed E-state index contributed by atoms with van der Waals surface area (Å²) in [6.07, 6.45) is -4.24. The first-order valence-electron chi connectivity index (χ1n) is 7.37. The van der Waals surface area contributed by atoms with E-state index in [0.29, 0.717) is 13.0 Å². The molecule has 0 spiro atoms. The third kappa shape index (κ3) is 2.45. The second kappa shape index (κ2) is 4.52. The van der Waals surface area contributed by atoms with Crippen LogP contribution in [-0.4, -0.2) is 10.7 Å². The first kappa shape index (κ1) is 14.5. The molecule has 0 fully saturated rings. The van der Waals surface area contributed by atoms with Crippen molar-refractivity contribution in [2.75, 3.05) is 0 Å². The molecular formula is C17H20F3N. The molecule has 114 valence electrons. The van der Waals surface area contributed by atoms with E-state index in [1.54, 1.807) is 0 Å². The fraction of sp³-hybridized carbons (Fsp3) is 0.529. The van der Waals surface area contributed by atoms with Gasteiger partial charge < -0.3 is 4.57 Å². The van der Waals surface area contributed by atoms with E-state index in [1.807, 2.05) is 24.3 Å². The van der Waals surface area contributed by atoms with E-state index in [2.05, 4.69) is 25.3 Å². The van der Waals surface area contributed by atoms with Crippen molar-refractivity contribution in [1.82, 2.24) is 4.57 Å². The van der Waals surface area contributed by atoms with Gasteiger partial charge in [0.1, 0.15) is 0 Å². The van der Waals surface area contributed by atoms with Crippen molar-refractivity contribution in [3.8, 4) is 0 Å². The first-order valence-corrected chi connectivity index (χ1v) is 7.37. The molecule has 1 aliphatic heterocycles. The standard InChI is InChI=1S/C17H20F3N/c1-16(2,3)14-12-6-4-5-7-13(12)21-9-8-11(15(14)21)10-17(18,19)20/h4-7,11H,8-10H2,1-3H3. The van der Waals surface area contributed by atoms with E-state index in [1.165, 1.54) is 0 Å². The van der Waals surface area contributed by atoms with Crippen LogP contribution < -0.4 is 0 Å². The summed E-state index contributed by atoms with van der Waals surface area (Å²) in [6.45, 7) is 6.93. The van der Waals surface area contributed by atoms with Crippen molar-refractivity contribution in [2.24, 2.45) is 0 Å². The summed E-state index contributed by atoms with van der Waals surface area (Å²) < 4.78 is 40.7. The van der Waals surface area contributed by atoms with Crippen LogP contribution in [0.5, 0.6) is 0 Å². The number of halogens is 3. The molecule has 1 aliphatic rings. The summed E-state index contributed by atoms with van der Waals surface area (Å²) in [5.41, 5.74) is 2.90. The zero-order valence-corrected chi connectivity index (χ0v) is 12.6. The van der Waals surface area contributed by atoms with E-state index in [0.717, 1.165) is 22.2 Å². The highest BCUT2D eigenvalue weighted by Crippen LogP contribution is 2.46. The highest BCUT2D eigenvalue weighted by molar-refractivity contribution is 5.87. The van der Waals surface area contributed by atoms with Crippen LogP contribution in [0.15, 0.2) is 24.3 Å². The molecule has 0 bridgehead atoms. The van der Waals surface area contributed by atoms with Gasteiger partial charge in [0.15, 0.2) is 0 Å².